The van der Waals surface area contributed by atoms with Crippen LogP contribution in [0.5, 0.6) is 0 Å². The number of hydrogen-bond acceptors (Lipinski definition) is 2. The highest BCUT2D eigenvalue weighted by Gasteiger charge is 1.99. The summed E-state index contributed by atoms with van der Waals surface area (Å²) in [6.07, 6.45) is 3.27. The summed E-state index contributed by atoms with van der Waals surface area (Å²) in [5.41, 5.74) is 0. The predicted octanol–water partition coefficient (Wildman–Crippen LogP) is 3.29. The van der Waals surface area contributed by atoms with Crippen molar-refractivity contribution in [3.63, 3.8) is 0 Å². The second kappa shape index (κ2) is 7.27. The molecule has 3 heteroatoms. The van der Waals surface area contributed by atoms with Crippen LogP contribution in [-0.4, -0.2) is 18.5 Å². The first-order valence-corrected chi connectivity index (χ1v) is 6.51. The Morgan fingerprint density at radius 3 is 3.00 bits per heavy atom. The molecule has 1 atom stereocenters. The van der Waals surface area contributed by atoms with Crippen LogP contribution in [0, 0.1) is 0 Å². The quantitative estimate of drug-likeness (QED) is 0.561. The lowest BCUT2D eigenvalue weighted by Gasteiger charge is -2.06. The average Bonchev–Trinajstić information content (AvgIpc) is 2.69. The maximum absolute atomic E-state index is 6.01. The minimum absolute atomic E-state index is 0.337. The van der Waals surface area contributed by atoms with Crippen LogP contribution in [0.25, 0.3) is 0 Å². The molecule has 1 nitrogen and oxygen atoms in total. The van der Waals surface area contributed by atoms with Gasteiger partial charge in [0.25, 0.3) is 0 Å². The number of hydrogen-bond donors (Lipinski definition) is 1. The largest absolute Gasteiger partial charge is 0.316 e. The van der Waals surface area contributed by atoms with E-state index in [0.29, 0.717) is 5.38 Å². The molecule has 0 aliphatic carbocycles. The van der Waals surface area contributed by atoms with Gasteiger partial charge in [-0.15, -0.1) is 22.9 Å². The summed E-state index contributed by atoms with van der Waals surface area (Å²) in [5, 5.41) is 5.87. The second-order valence-corrected chi connectivity index (χ2v) is 5.02. The van der Waals surface area contributed by atoms with Gasteiger partial charge in [-0.2, -0.15) is 0 Å². The Labute approximate surface area is 95.5 Å². The summed E-state index contributed by atoms with van der Waals surface area (Å²) in [4.78, 5) is 1.45. The molecule has 0 amide bonds. The van der Waals surface area contributed by atoms with Gasteiger partial charge in [0.15, 0.2) is 0 Å². The highest BCUT2D eigenvalue weighted by Crippen LogP contribution is 2.08. The molecular formula is C11H18ClNS. The van der Waals surface area contributed by atoms with Gasteiger partial charge < -0.3 is 5.32 Å². The minimum Gasteiger partial charge on any atom is -0.316 e. The summed E-state index contributed by atoms with van der Waals surface area (Å²) in [7, 11) is 0. The van der Waals surface area contributed by atoms with Crippen molar-refractivity contribution in [2.75, 3.05) is 13.1 Å². The van der Waals surface area contributed by atoms with Crippen molar-refractivity contribution in [1.29, 1.82) is 0 Å². The van der Waals surface area contributed by atoms with Crippen molar-refractivity contribution in [1.82, 2.24) is 5.32 Å². The first kappa shape index (κ1) is 12.0. The Kier molecular flexibility index (Phi) is 6.24. The van der Waals surface area contributed by atoms with Crippen LogP contribution >= 0.6 is 22.9 Å². The van der Waals surface area contributed by atoms with Crippen LogP contribution < -0.4 is 5.32 Å². The van der Waals surface area contributed by atoms with Gasteiger partial charge >= 0.3 is 0 Å². The molecule has 0 aliphatic heterocycles. The van der Waals surface area contributed by atoms with Crippen molar-refractivity contribution in [2.24, 2.45) is 0 Å². The van der Waals surface area contributed by atoms with Gasteiger partial charge in [-0.3, -0.25) is 0 Å². The average molecular weight is 232 g/mol. The lowest BCUT2D eigenvalue weighted by atomic mass is 10.2. The maximum atomic E-state index is 6.01. The van der Waals surface area contributed by atoms with E-state index in [1.807, 2.05) is 11.3 Å². The molecule has 0 spiro atoms. The number of halogens is 1. The SMILES string of the molecule is CCC(Cl)CCNCCc1cccs1. The molecule has 0 fully saturated rings. The van der Waals surface area contributed by atoms with Crippen molar-refractivity contribution in [3.05, 3.63) is 22.4 Å². The molecule has 0 radical (unpaired) electrons. The molecule has 0 bridgehead atoms. The van der Waals surface area contributed by atoms with E-state index >= 15 is 0 Å². The van der Waals surface area contributed by atoms with Crippen LogP contribution in [0.4, 0.5) is 0 Å². The lowest BCUT2D eigenvalue weighted by Crippen LogP contribution is -2.20. The van der Waals surface area contributed by atoms with Gasteiger partial charge in [0.05, 0.1) is 0 Å². The van der Waals surface area contributed by atoms with Gasteiger partial charge in [0.2, 0.25) is 0 Å². The van der Waals surface area contributed by atoms with Crippen LogP contribution in [0.3, 0.4) is 0 Å². The molecule has 80 valence electrons. The van der Waals surface area contributed by atoms with Crippen molar-refractivity contribution in [2.45, 2.75) is 31.6 Å². The Morgan fingerprint density at radius 2 is 2.36 bits per heavy atom. The fourth-order valence-electron chi connectivity index (χ4n) is 1.25. The van der Waals surface area contributed by atoms with Gasteiger partial charge in [-0.1, -0.05) is 13.0 Å². The molecule has 1 aromatic rings. The van der Waals surface area contributed by atoms with Gasteiger partial charge in [-0.05, 0) is 43.8 Å². The standard InChI is InChI=1S/C11H18ClNS/c1-2-10(12)5-7-13-8-6-11-4-3-9-14-11/h3-4,9-10,13H,2,5-8H2,1H3. The first-order valence-electron chi connectivity index (χ1n) is 5.20. The van der Waals surface area contributed by atoms with Crippen LogP contribution in [0.15, 0.2) is 17.5 Å². The third-order valence-electron chi connectivity index (χ3n) is 2.21. The van der Waals surface area contributed by atoms with E-state index in [2.05, 4.69) is 29.8 Å². The van der Waals surface area contributed by atoms with E-state index in [1.165, 1.54) is 4.88 Å². The predicted molar refractivity (Wildman–Crippen MR) is 65.4 cm³/mol. The Balaban J connectivity index is 1.95. The fraction of sp³-hybridized carbons (Fsp3) is 0.636. The molecule has 1 rings (SSSR count). The van der Waals surface area contributed by atoms with Crippen molar-refractivity contribution >= 4 is 22.9 Å². The molecule has 0 aliphatic rings. The molecule has 1 unspecified atom stereocenters. The monoisotopic (exact) mass is 231 g/mol. The number of thiophene rings is 1. The summed E-state index contributed by atoms with van der Waals surface area (Å²) >= 11 is 7.83. The number of rotatable bonds is 7. The number of alkyl halides is 1. The van der Waals surface area contributed by atoms with E-state index in [1.54, 1.807) is 0 Å². The molecular weight excluding hydrogens is 214 g/mol. The lowest BCUT2D eigenvalue weighted by molar-refractivity contribution is 0.623. The fourth-order valence-corrected chi connectivity index (χ4v) is 2.07. The zero-order valence-electron chi connectivity index (χ0n) is 8.63. The summed E-state index contributed by atoms with van der Waals surface area (Å²) in [6.45, 7) is 4.23. The zero-order chi connectivity index (χ0) is 10.2. The smallest absolute Gasteiger partial charge is 0.0345 e. The summed E-state index contributed by atoms with van der Waals surface area (Å²) in [5.74, 6) is 0. The third kappa shape index (κ3) is 4.99. The Hall–Kier alpha value is -0.0500. The van der Waals surface area contributed by atoms with Gasteiger partial charge in [0.1, 0.15) is 0 Å². The molecule has 0 saturated heterocycles. The summed E-state index contributed by atoms with van der Waals surface area (Å²) < 4.78 is 0. The maximum Gasteiger partial charge on any atom is 0.0345 e. The molecule has 0 saturated carbocycles. The van der Waals surface area contributed by atoms with Crippen molar-refractivity contribution < 1.29 is 0 Å². The first-order chi connectivity index (χ1) is 6.83. The van der Waals surface area contributed by atoms with E-state index < -0.39 is 0 Å². The van der Waals surface area contributed by atoms with E-state index in [4.69, 9.17) is 11.6 Å². The van der Waals surface area contributed by atoms with Gasteiger partial charge in [-0.25, -0.2) is 0 Å². The zero-order valence-corrected chi connectivity index (χ0v) is 10.2. The van der Waals surface area contributed by atoms with E-state index in [0.717, 1.165) is 32.4 Å². The molecule has 14 heavy (non-hydrogen) atoms. The molecule has 1 heterocycles. The highest BCUT2D eigenvalue weighted by molar-refractivity contribution is 7.09. The van der Waals surface area contributed by atoms with Crippen molar-refractivity contribution in [3.8, 4) is 0 Å². The molecule has 1 N–H and O–H groups in total. The topological polar surface area (TPSA) is 12.0 Å². The van der Waals surface area contributed by atoms with E-state index in [-0.39, 0.29) is 0 Å². The highest BCUT2D eigenvalue weighted by atomic mass is 35.5. The minimum atomic E-state index is 0.337. The summed E-state index contributed by atoms with van der Waals surface area (Å²) in [6, 6.07) is 4.29. The Morgan fingerprint density at radius 1 is 1.50 bits per heavy atom. The van der Waals surface area contributed by atoms with E-state index in [9.17, 15) is 0 Å². The molecule has 1 aromatic heterocycles. The van der Waals surface area contributed by atoms with Crippen LogP contribution in [0.2, 0.25) is 0 Å². The van der Waals surface area contributed by atoms with Crippen LogP contribution in [-0.2, 0) is 6.42 Å². The molecule has 0 aromatic carbocycles. The second-order valence-electron chi connectivity index (χ2n) is 3.37. The van der Waals surface area contributed by atoms with Crippen LogP contribution in [0.1, 0.15) is 24.6 Å². The Bertz CT molecular complexity index is 223. The third-order valence-corrected chi connectivity index (χ3v) is 3.67. The number of nitrogens with one attached hydrogen (secondary N) is 1. The normalized spacial score (nSPS) is 13.0. The van der Waals surface area contributed by atoms with Gasteiger partial charge in [0, 0.05) is 10.3 Å².